The molecule has 0 bridgehead atoms. The van der Waals surface area contributed by atoms with Gasteiger partial charge in [-0.15, -0.1) is 5.10 Å². The molecule has 2 aromatic carbocycles. The Morgan fingerprint density at radius 1 is 0.966 bits per heavy atom. The molecule has 1 saturated heterocycles. The summed E-state index contributed by atoms with van der Waals surface area (Å²) in [4.78, 5) is 4.79. The maximum absolute atomic E-state index is 6.09. The van der Waals surface area contributed by atoms with Crippen molar-refractivity contribution in [1.29, 1.82) is 0 Å². The van der Waals surface area contributed by atoms with Crippen molar-refractivity contribution in [1.82, 2.24) is 15.1 Å². The van der Waals surface area contributed by atoms with Gasteiger partial charge in [0.25, 0.3) is 0 Å². The highest BCUT2D eigenvalue weighted by molar-refractivity contribution is 5.93. The zero-order valence-corrected chi connectivity index (χ0v) is 16.5. The topological polar surface area (TPSA) is 76.7 Å². The van der Waals surface area contributed by atoms with Crippen LogP contribution in [0.1, 0.15) is 24.2 Å². The van der Waals surface area contributed by atoms with Crippen LogP contribution >= 0.6 is 0 Å². The van der Waals surface area contributed by atoms with E-state index >= 15 is 0 Å². The van der Waals surface area contributed by atoms with Crippen LogP contribution in [-0.4, -0.2) is 48.1 Å². The minimum atomic E-state index is -0.139. The van der Waals surface area contributed by atoms with Crippen LogP contribution in [-0.2, 0) is 6.54 Å². The lowest BCUT2D eigenvalue weighted by atomic mass is 10.1. The summed E-state index contributed by atoms with van der Waals surface area (Å²) in [6, 6.07) is 14.3. The minimum absolute atomic E-state index is 0.139. The van der Waals surface area contributed by atoms with E-state index in [4.69, 9.17) is 15.2 Å². The second kappa shape index (κ2) is 7.50. The first-order chi connectivity index (χ1) is 14.2. The van der Waals surface area contributed by atoms with Gasteiger partial charge in [0.15, 0.2) is 17.3 Å². The van der Waals surface area contributed by atoms with Gasteiger partial charge in [0.05, 0.1) is 5.69 Å². The van der Waals surface area contributed by atoms with E-state index in [0.29, 0.717) is 6.79 Å². The smallest absolute Gasteiger partial charge is 0.231 e. The quantitative estimate of drug-likeness (QED) is 0.733. The molecule has 0 amide bonds. The average Bonchev–Trinajstić information content (AvgIpc) is 3.21. The van der Waals surface area contributed by atoms with Gasteiger partial charge in [-0.2, -0.15) is 5.10 Å². The van der Waals surface area contributed by atoms with Gasteiger partial charge in [0.1, 0.15) is 0 Å². The zero-order chi connectivity index (χ0) is 19.8. The fourth-order valence-corrected chi connectivity index (χ4v) is 4.10. The maximum Gasteiger partial charge on any atom is 0.231 e. The average molecular weight is 391 g/mol. The molecule has 3 heterocycles. The SMILES string of the molecule is CC(N)c1nnc(N2CCN(Cc3ccc4c(c3)OCO4)CC2)c2ccccc12. The number of ether oxygens (including phenoxy) is 2. The third-order valence-electron chi connectivity index (χ3n) is 5.64. The molecule has 0 aliphatic carbocycles. The summed E-state index contributed by atoms with van der Waals surface area (Å²) in [7, 11) is 0. The summed E-state index contributed by atoms with van der Waals surface area (Å²) in [5.74, 6) is 2.63. The van der Waals surface area contributed by atoms with Crippen LogP contribution in [0.2, 0.25) is 0 Å². The molecule has 7 nitrogen and oxygen atoms in total. The molecule has 0 saturated carbocycles. The van der Waals surface area contributed by atoms with Gasteiger partial charge in [0, 0.05) is 49.5 Å². The molecule has 2 N–H and O–H groups in total. The summed E-state index contributed by atoms with van der Waals surface area (Å²) >= 11 is 0. The number of benzene rings is 2. The summed E-state index contributed by atoms with van der Waals surface area (Å²) in [5, 5.41) is 11.2. The van der Waals surface area contributed by atoms with E-state index < -0.39 is 0 Å². The summed E-state index contributed by atoms with van der Waals surface area (Å²) in [5.41, 5.74) is 8.19. The van der Waals surface area contributed by atoms with Crippen molar-refractivity contribution in [3.63, 3.8) is 0 Å². The molecule has 29 heavy (non-hydrogen) atoms. The van der Waals surface area contributed by atoms with E-state index in [1.807, 2.05) is 25.1 Å². The Kier molecular flexibility index (Phi) is 4.69. The molecule has 2 aliphatic heterocycles. The van der Waals surface area contributed by atoms with Crippen LogP contribution in [0.3, 0.4) is 0 Å². The van der Waals surface area contributed by atoms with E-state index in [-0.39, 0.29) is 6.04 Å². The van der Waals surface area contributed by atoms with Crippen LogP contribution in [0.15, 0.2) is 42.5 Å². The first-order valence-corrected chi connectivity index (χ1v) is 10.1. The number of hydrogen-bond donors (Lipinski definition) is 1. The lowest BCUT2D eigenvalue weighted by Crippen LogP contribution is -2.46. The van der Waals surface area contributed by atoms with E-state index in [2.05, 4.69) is 44.3 Å². The highest BCUT2D eigenvalue weighted by atomic mass is 16.7. The van der Waals surface area contributed by atoms with Crippen LogP contribution in [0.4, 0.5) is 5.82 Å². The van der Waals surface area contributed by atoms with Crippen molar-refractivity contribution < 1.29 is 9.47 Å². The first-order valence-electron chi connectivity index (χ1n) is 10.1. The molecular formula is C22H25N5O2. The standard InChI is InChI=1S/C22H25N5O2/c1-15(23)21-17-4-2-3-5-18(17)22(25-24-21)27-10-8-26(9-11-27)13-16-6-7-19-20(12-16)29-14-28-19/h2-7,12,15H,8-11,13-14,23H2,1H3. The number of fused-ring (bicyclic) bond motifs is 2. The van der Waals surface area contributed by atoms with Crippen molar-refractivity contribution in [3.8, 4) is 11.5 Å². The Balaban J connectivity index is 1.30. The molecule has 3 aromatic rings. The molecule has 150 valence electrons. The molecular weight excluding hydrogens is 366 g/mol. The fourth-order valence-electron chi connectivity index (χ4n) is 4.10. The summed E-state index contributed by atoms with van der Waals surface area (Å²) in [6.45, 7) is 6.94. The maximum atomic E-state index is 6.09. The number of aromatic nitrogens is 2. The molecule has 2 aliphatic rings. The molecule has 0 radical (unpaired) electrons. The largest absolute Gasteiger partial charge is 0.454 e. The first kappa shape index (κ1) is 18.1. The Morgan fingerprint density at radius 3 is 2.52 bits per heavy atom. The normalized spacial score (nSPS) is 17.7. The van der Waals surface area contributed by atoms with Gasteiger partial charge >= 0.3 is 0 Å². The number of nitrogens with zero attached hydrogens (tertiary/aromatic N) is 4. The van der Waals surface area contributed by atoms with Crippen LogP contribution in [0, 0.1) is 0 Å². The van der Waals surface area contributed by atoms with Gasteiger partial charge in [-0.05, 0) is 24.6 Å². The molecule has 1 atom stereocenters. The lowest BCUT2D eigenvalue weighted by Gasteiger charge is -2.35. The van der Waals surface area contributed by atoms with E-state index in [9.17, 15) is 0 Å². The molecule has 1 fully saturated rings. The van der Waals surface area contributed by atoms with Gasteiger partial charge in [-0.1, -0.05) is 30.3 Å². The number of piperazine rings is 1. The van der Waals surface area contributed by atoms with Crippen molar-refractivity contribution in [3.05, 3.63) is 53.7 Å². The Hall–Kier alpha value is -2.90. The van der Waals surface area contributed by atoms with E-state index in [0.717, 1.165) is 66.5 Å². The monoisotopic (exact) mass is 391 g/mol. The molecule has 1 unspecified atom stereocenters. The number of hydrogen-bond acceptors (Lipinski definition) is 7. The second-order valence-electron chi connectivity index (χ2n) is 7.69. The molecule has 1 aromatic heterocycles. The zero-order valence-electron chi connectivity index (χ0n) is 16.5. The highest BCUT2D eigenvalue weighted by Crippen LogP contribution is 2.33. The number of rotatable bonds is 4. The van der Waals surface area contributed by atoms with E-state index in [1.165, 1.54) is 5.56 Å². The van der Waals surface area contributed by atoms with Crippen molar-refractivity contribution >= 4 is 16.6 Å². The predicted octanol–water partition coefficient (Wildman–Crippen LogP) is 2.70. The summed E-state index contributed by atoms with van der Waals surface area (Å²) in [6.07, 6.45) is 0. The highest BCUT2D eigenvalue weighted by Gasteiger charge is 2.22. The van der Waals surface area contributed by atoms with Gasteiger partial charge in [0.2, 0.25) is 6.79 Å². The van der Waals surface area contributed by atoms with Crippen LogP contribution in [0.5, 0.6) is 11.5 Å². The predicted molar refractivity (Wildman–Crippen MR) is 112 cm³/mol. The van der Waals surface area contributed by atoms with Gasteiger partial charge < -0.3 is 20.1 Å². The summed E-state index contributed by atoms with van der Waals surface area (Å²) < 4.78 is 10.9. The lowest BCUT2D eigenvalue weighted by molar-refractivity contribution is 0.174. The van der Waals surface area contributed by atoms with E-state index in [1.54, 1.807) is 0 Å². The Morgan fingerprint density at radius 2 is 1.72 bits per heavy atom. The Labute approximate surface area is 170 Å². The van der Waals surface area contributed by atoms with Gasteiger partial charge in [-0.3, -0.25) is 4.90 Å². The van der Waals surface area contributed by atoms with Crippen LogP contribution in [0.25, 0.3) is 10.8 Å². The second-order valence-corrected chi connectivity index (χ2v) is 7.69. The van der Waals surface area contributed by atoms with Gasteiger partial charge in [-0.25, -0.2) is 0 Å². The number of anilines is 1. The number of nitrogens with two attached hydrogens (primary N) is 1. The van der Waals surface area contributed by atoms with Crippen molar-refractivity contribution in [2.45, 2.75) is 19.5 Å². The fraction of sp³-hybridized carbons (Fsp3) is 0.364. The third kappa shape index (κ3) is 3.47. The van der Waals surface area contributed by atoms with Crippen molar-refractivity contribution in [2.24, 2.45) is 5.73 Å². The molecule has 7 heteroatoms. The molecule has 5 rings (SSSR count). The van der Waals surface area contributed by atoms with Crippen molar-refractivity contribution in [2.75, 3.05) is 37.9 Å². The molecule has 0 spiro atoms. The Bertz CT molecular complexity index is 1030. The minimum Gasteiger partial charge on any atom is -0.454 e. The van der Waals surface area contributed by atoms with Crippen LogP contribution < -0.4 is 20.1 Å². The third-order valence-corrected chi connectivity index (χ3v) is 5.64.